The lowest BCUT2D eigenvalue weighted by Crippen LogP contribution is -2.48. The Kier molecular flexibility index (Phi) is 13.5. The van der Waals surface area contributed by atoms with Gasteiger partial charge < -0.3 is 29.6 Å². The van der Waals surface area contributed by atoms with Crippen LogP contribution in [0.3, 0.4) is 0 Å². The van der Waals surface area contributed by atoms with Crippen LogP contribution in [-0.4, -0.2) is 71.5 Å². The van der Waals surface area contributed by atoms with Crippen molar-refractivity contribution in [1.82, 2.24) is 10.6 Å². The highest BCUT2D eigenvalue weighted by Gasteiger charge is 2.33. The minimum Gasteiger partial charge on any atom is -0.476 e. The fraction of sp³-hybridized carbons (Fsp3) is 0.471. The van der Waals surface area contributed by atoms with E-state index in [-0.39, 0.29) is 24.4 Å². The number of nitrogens with one attached hydrogen (secondary N) is 2. The Morgan fingerprint density at radius 1 is 0.745 bits per heavy atom. The minimum atomic E-state index is -1.51. The molecule has 0 bridgehead atoms. The van der Waals surface area contributed by atoms with Crippen LogP contribution in [0.25, 0.3) is 0 Å². The molecular weight excluding hydrogens is 632 g/mol. The summed E-state index contributed by atoms with van der Waals surface area (Å²) in [5.41, 5.74) is -2.20. The smallest absolute Gasteiger partial charge is 0.350 e. The molecule has 0 spiro atoms. The van der Waals surface area contributed by atoms with E-state index in [0.29, 0.717) is 16.1 Å². The molecule has 0 aliphatic rings. The summed E-state index contributed by atoms with van der Waals surface area (Å²) in [6.07, 6.45) is -0.245. The summed E-state index contributed by atoms with van der Waals surface area (Å²) in [5, 5.41) is 5.28. The fourth-order valence-corrected chi connectivity index (χ4v) is 3.96. The minimum absolute atomic E-state index is 0.0857. The van der Waals surface area contributed by atoms with Crippen LogP contribution in [0.2, 0.25) is 5.02 Å². The summed E-state index contributed by atoms with van der Waals surface area (Å²) in [4.78, 5) is 75.1. The molecule has 0 aliphatic carbocycles. The molecule has 0 fully saturated rings. The molecule has 2 rings (SSSR count). The summed E-state index contributed by atoms with van der Waals surface area (Å²) in [6, 6.07) is 11.5. The van der Waals surface area contributed by atoms with Gasteiger partial charge in [-0.1, -0.05) is 11.6 Å². The molecule has 0 heterocycles. The molecule has 2 aromatic carbocycles. The number of amides is 2. The standard InChI is InChI=1S/C34H43ClN2O10/c1-32(2,3)46-28(40)18-17-25(30(42)47-33(4,5)6)37-26(38)19-36-27(39)20-44-31(43)34(7,8)45-24-15-11-22(12-16-24)29(41)21-9-13-23(35)14-10-21/h9-16,25H,17-20H2,1-8H3,(H,36,39)(H,37,38). The SMILES string of the molecule is CC(C)(C)OC(=O)CCC(NC(=O)CNC(=O)COC(=O)C(C)(C)Oc1ccc(C(=O)c2ccc(Cl)cc2)cc1)C(=O)OC(C)(C)C. The molecule has 2 N–H and O–H groups in total. The molecule has 47 heavy (non-hydrogen) atoms. The Balaban J connectivity index is 1.87. The molecule has 13 heteroatoms. The maximum absolute atomic E-state index is 12.7. The summed E-state index contributed by atoms with van der Waals surface area (Å²) >= 11 is 5.88. The van der Waals surface area contributed by atoms with E-state index in [2.05, 4.69) is 10.6 Å². The van der Waals surface area contributed by atoms with Gasteiger partial charge in [-0.05, 0) is 110 Å². The average Bonchev–Trinajstić information content (AvgIpc) is 2.95. The van der Waals surface area contributed by atoms with Crippen LogP contribution in [0.15, 0.2) is 48.5 Å². The van der Waals surface area contributed by atoms with E-state index in [0.717, 1.165) is 0 Å². The third-order valence-corrected chi connectivity index (χ3v) is 6.20. The zero-order valence-corrected chi connectivity index (χ0v) is 28.7. The molecule has 0 aromatic heterocycles. The van der Waals surface area contributed by atoms with Gasteiger partial charge in [0.1, 0.15) is 23.0 Å². The van der Waals surface area contributed by atoms with Crippen LogP contribution in [-0.2, 0) is 38.2 Å². The average molecular weight is 675 g/mol. The first-order valence-electron chi connectivity index (χ1n) is 14.9. The highest BCUT2D eigenvalue weighted by atomic mass is 35.5. The van der Waals surface area contributed by atoms with Crippen molar-refractivity contribution in [3.05, 3.63) is 64.7 Å². The first-order chi connectivity index (χ1) is 21.6. The molecule has 0 radical (unpaired) electrons. The lowest BCUT2D eigenvalue weighted by atomic mass is 10.0. The number of rotatable bonds is 14. The number of carbonyl (C=O) groups excluding carboxylic acids is 6. The third-order valence-electron chi connectivity index (χ3n) is 5.95. The van der Waals surface area contributed by atoms with E-state index in [1.54, 1.807) is 77.9 Å². The quantitative estimate of drug-likeness (QED) is 0.167. The van der Waals surface area contributed by atoms with E-state index in [1.807, 2.05) is 0 Å². The number of carbonyl (C=O) groups is 6. The Morgan fingerprint density at radius 2 is 1.28 bits per heavy atom. The van der Waals surface area contributed by atoms with Crippen molar-refractivity contribution in [2.24, 2.45) is 0 Å². The summed E-state index contributed by atoms with van der Waals surface area (Å²) in [7, 11) is 0. The Morgan fingerprint density at radius 3 is 1.81 bits per heavy atom. The molecule has 1 unspecified atom stereocenters. The number of halogens is 1. The number of benzene rings is 2. The van der Waals surface area contributed by atoms with Gasteiger partial charge in [0.15, 0.2) is 18.0 Å². The molecular formula is C34H43ClN2O10. The van der Waals surface area contributed by atoms with Crippen LogP contribution in [0.1, 0.15) is 84.2 Å². The second kappa shape index (κ2) is 16.4. The Labute approximate surface area is 279 Å². The highest BCUT2D eigenvalue weighted by Crippen LogP contribution is 2.22. The normalized spacial score (nSPS) is 12.3. The van der Waals surface area contributed by atoms with Crippen molar-refractivity contribution in [2.45, 2.75) is 91.1 Å². The molecule has 1 atom stereocenters. The van der Waals surface area contributed by atoms with E-state index in [4.69, 9.17) is 30.5 Å². The van der Waals surface area contributed by atoms with Crippen molar-refractivity contribution in [2.75, 3.05) is 13.2 Å². The van der Waals surface area contributed by atoms with Crippen LogP contribution in [0, 0.1) is 0 Å². The molecule has 0 saturated heterocycles. The summed E-state index contributed by atoms with van der Waals surface area (Å²) in [6.45, 7) is 11.8. The predicted molar refractivity (Wildman–Crippen MR) is 173 cm³/mol. The van der Waals surface area contributed by atoms with Crippen molar-refractivity contribution in [1.29, 1.82) is 0 Å². The lowest BCUT2D eigenvalue weighted by molar-refractivity contribution is -0.162. The van der Waals surface area contributed by atoms with Crippen molar-refractivity contribution in [3.63, 3.8) is 0 Å². The predicted octanol–water partition coefficient (Wildman–Crippen LogP) is 4.34. The van der Waals surface area contributed by atoms with Gasteiger partial charge in [-0.3, -0.25) is 19.2 Å². The van der Waals surface area contributed by atoms with Crippen LogP contribution >= 0.6 is 11.6 Å². The molecule has 0 aliphatic heterocycles. The van der Waals surface area contributed by atoms with Gasteiger partial charge in [-0.25, -0.2) is 9.59 Å². The second-order valence-corrected chi connectivity index (χ2v) is 13.5. The third kappa shape index (κ3) is 14.2. The first-order valence-corrected chi connectivity index (χ1v) is 15.3. The number of hydrogen-bond donors (Lipinski definition) is 2. The lowest BCUT2D eigenvalue weighted by Gasteiger charge is -2.25. The second-order valence-electron chi connectivity index (χ2n) is 13.1. The van der Waals surface area contributed by atoms with Gasteiger partial charge in [0.05, 0.1) is 6.54 Å². The van der Waals surface area contributed by atoms with E-state index < -0.39 is 65.7 Å². The summed E-state index contributed by atoms with van der Waals surface area (Å²) in [5.74, 6) is -3.60. The fourth-order valence-electron chi connectivity index (χ4n) is 3.84. The zero-order valence-electron chi connectivity index (χ0n) is 28.0. The first kappa shape index (κ1) is 38.7. The molecule has 2 aromatic rings. The maximum Gasteiger partial charge on any atom is 0.350 e. The van der Waals surface area contributed by atoms with Gasteiger partial charge >= 0.3 is 17.9 Å². The van der Waals surface area contributed by atoms with Crippen LogP contribution in [0.5, 0.6) is 5.75 Å². The monoisotopic (exact) mass is 674 g/mol. The Bertz CT molecular complexity index is 1440. The number of esters is 3. The van der Waals surface area contributed by atoms with E-state index >= 15 is 0 Å². The van der Waals surface area contributed by atoms with Crippen LogP contribution < -0.4 is 15.4 Å². The number of ketones is 1. The topological polar surface area (TPSA) is 163 Å². The maximum atomic E-state index is 12.7. The molecule has 256 valence electrons. The molecule has 0 saturated carbocycles. The van der Waals surface area contributed by atoms with Gasteiger partial charge in [-0.15, -0.1) is 0 Å². The van der Waals surface area contributed by atoms with Gasteiger partial charge in [0, 0.05) is 22.6 Å². The van der Waals surface area contributed by atoms with E-state index in [1.165, 1.54) is 26.0 Å². The van der Waals surface area contributed by atoms with Crippen LogP contribution in [0.4, 0.5) is 0 Å². The van der Waals surface area contributed by atoms with Crippen molar-refractivity contribution in [3.8, 4) is 5.75 Å². The molecule has 2 amide bonds. The van der Waals surface area contributed by atoms with Crippen molar-refractivity contribution >= 4 is 47.1 Å². The largest absolute Gasteiger partial charge is 0.476 e. The van der Waals surface area contributed by atoms with E-state index in [9.17, 15) is 28.8 Å². The van der Waals surface area contributed by atoms with Crippen molar-refractivity contribution < 1.29 is 47.7 Å². The van der Waals surface area contributed by atoms with Gasteiger partial charge in [0.25, 0.3) is 5.91 Å². The number of ether oxygens (including phenoxy) is 4. The highest BCUT2D eigenvalue weighted by molar-refractivity contribution is 6.30. The number of hydrogen-bond acceptors (Lipinski definition) is 10. The van der Waals surface area contributed by atoms with Gasteiger partial charge in [0.2, 0.25) is 5.91 Å². The summed E-state index contributed by atoms with van der Waals surface area (Å²) < 4.78 is 21.4. The zero-order chi connectivity index (χ0) is 35.6. The van der Waals surface area contributed by atoms with Gasteiger partial charge in [-0.2, -0.15) is 0 Å². The molecule has 12 nitrogen and oxygen atoms in total. The Hall–Kier alpha value is -4.45.